The number of aromatic nitrogens is 1. The minimum atomic E-state index is -3.82. The van der Waals surface area contributed by atoms with Crippen molar-refractivity contribution in [3.8, 4) is 0 Å². The molecule has 100 valence electrons. The van der Waals surface area contributed by atoms with Crippen LogP contribution >= 0.6 is 11.6 Å². The first-order valence-corrected chi connectivity index (χ1v) is 7.19. The number of benzene rings is 1. The number of nitrogens with one attached hydrogen (secondary N) is 1. The molecule has 0 fully saturated rings. The first kappa shape index (κ1) is 13.9. The van der Waals surface area contributed by atoms with Gasteiger partial charge in [-0.05, 0) is 12.1 Å². The summed E-state index contributed by atoms with van der Waals surface area (Å²) in [7, 11) is -3.82. The normalized spacial score (nSPS) is 11.5. The van der Waals surface area contributed by atoms with Crippen LogP contribution in [0.25, 0.3) is 0 Å². The smallest absolute Gasteiger partial charge is 0.243 e. The molecule has 19 heavy (non-hydrogen) atoms. The van der Waals surface area contributed by atoms with Gasteiger partial charge in [0.1, 0.15) is 10.7 Å². The summed E-state index contributed by atoms with van der Waals surface area (Å²) < 4.78 is 39.6. The quantitative estimate of drug-likeness (QED) is 0.943. The van der Waals surface area contributed by atoms with Crippen LogP contribution in [0, 0.1) is 5.82 Å². The van der Waals surface area contributed by atoms with Gasteiger partial charge in [-0.1, -0.05) is 29.8 Å². The average Bonchev–Trinajstić information content (AvgIpc) is 2.38. The molecule has 0 unspecified atom stereocenters. The van der Waals surface area contributed by atoms with Gasteiger partial charge in [0.15, 0.2) is 0 Å². The third kappa shape index (κ3) is 3.28. The van der Waals surface area contributed by atoms with Crippen LogP contribution in [0.2, 0.25) is 5.02 Å². The van der Waals surface area contributed by atoms with Crippen LogP contribution in [0.4, 0.5) is 4.39 Å². The van der Waals surface area contributed by atoms with Crippen molar-refractivity contribution in [2.45, 2.75) is 11.4 Å². The topological polar surface area (TPSA) is 59.1 Å². The summed E-state index contributed by atoms with van der Waals surface area (Å²) in [4.78, 5) is 3.58. The molecule has 0 saturated heterocycles. The van der Waals surface area contributed by atoms with Crippen LogP contribution in [0.3, 0.4) is 0 Å². The molecule has 0 aliphatic heterocycles. The molecule has 7 heteroatoms. The van der Waals surface area contributed by atoms with E-state index >= 15 is 0 Å². The Bertz CT molecular complexity index is 692. The maximum Gasteiger partial charge on any atom is 0.243 e. The van der Waals surface area contributed by atoms with Gasteiger partial charge < -0.3 is 0 Å². The number of sulfonamides is 1. The van der Waals surface area contributed by atoms with Crippen molar-refractivity contribution in [1.29, 1.82) is 0 Å². The fraction of sp³-hybridized carbons (Fsp3) is 0.0833. The maximum absolute atomic E-state index is 13.4. The van der Waals surface area contributed by atoms with Crippen molar-refractivity contribution in [3.63, 3.8) is 0 Å². The van der Waals surface area contributed by atoms with Gasteiger partial charge in [-0.25, -0.2) is 17.5 Å². The standard InChI is InChI=1S/C12H10ClFN2O2S/c13-10-5-6-15-8-12(10)19(17,18)16-7-9-3-1-2-4-11(9)14/h1-6,8,16H,7H2. The molecule has 2 rings (SSSR count). The van der Waals surface area contributed by atoms with Gasteiger partial charge in [0.05, 0.1) is 5.02 Å². The molecular formula is C12H10ClFN2O2S. The number of pyridine rings is 1. The van der Waals surface area contributed by atoms with Crippen molar-refractivity contribution in [2.24, 2.45) is 0 Å². The number of hydrogen-bond donors (Lipinski definition) is 1. The molecule has 4 nitrogen and oxygen atoms in total. The minimum Gasteiger partial charge on any atom is -0.263 e. The lowest BCUT2D eigenvalue weighted by Gasteiger charge is -2.08. The highest BCUT2D eigenvalue weighted by molar-refractivity contribution is 7.89. The maximum atomic E-state index is 13.4. The Labute approximate surface area is 115 Å². The molecular weight excluding hydrogens is 291 g/mol. The van der Waals surface area contributed by atoms with E-state index in [0.717, 1.165) is 6.20 Å². The van der Waals surface area contributed by atoms with Crippen LogP contribution in [0.5, 0.6) is 0 Å². The van der Waals surface area contributed by atoms with Gasteiger partial charge in [0.2, 0.25) is 10.0 Å². The predicted molar refractivity (Wildman–Crippen MR) is 69.7 cm³/mol. The summed E-state index contributed by atoms with van der Waals surface area (Å²) in [6, 6.07) is 7.30. The minimum absolute atomic E-state index is 0.0658. The first-order valence-electron chi connectivity index (χ1n) is 5.33. The molecule has 1 heterocycles. The van der Waals surface area contributed by atoms with Crippen molar-refractivity contribution in [1.82, 2.24) is 9.71 Å². The van der Waals surface area contributed by atoms with Crippen LogP contribution < -0.4 is 4.72 Å². The lowest BCUT2D eigenvalue weighted by Crippen LogP contribution is -2.24. The number of halogens is 2. The molecule has 1 N–H and O–H groups in total. The van der Waals surface area contributed by atoms with Gasteiger partial charge >= 0.3 is 0 Å². The van der Waals surface area contributed by atoms with Crippen molar-refractivity contribution < 1.29 is 12.8 Å². The van der Waals surface area contributed by atoms with E-state index in [-0.39, 0.29) is 22.0 Å². The monoisotopic (exact) mass is 300 g/mol. The van der Waals surface area contributed by atoms with Crippen LogP contribution in [-0.2, 0) is 16.6 Å². The molecule has 0 bridgehead atoms. The summed E-state index contributed by atoms with van der Waals surface area (Å²) in [6.45, 7) is -0.153. The average molecular weight is 301 g/mol. The zero-order valence-corrected chi connectivity index (χ0v) is 11.2. The SMILES string of the molecule is O=S(=O)(NCc1ccccc1F)c1cnccc1Cl. The van der Waals surface area contributed by atoms with Gasteiger partial charge in [0.25, 0.3) is 0 Å². The van der Waals surface area contributed by atoms with Gasteiger partial charge in [0, 0.05) is 24.5 Å². The molecule has 0 saturated carbocycles. The highest BCUT2D eigenvalue weighted by Crippen LogP contribution is 2.19. The Balaban J connectivity index is 2.20. The van der Waals surface area contributed by atoms with Gasteiger partial charge in [-0.2, -0.15) is 0 Å². The van der Waals surface area contributed by atoms with E-state index in [9.17, 15) is 12.8 Å². The van der Waals surface area contributed by atoms with Crippen molar-refractivity contribution in [2.75, 3.05) is 0 Å². The summed E-state index contributed by atoms with van der Waals surface area (Å²) >= 11 is 5.79. The van der Waals surface area contributed by atoms with E-state index in [1.54, 1.807) is 6.07 Å². The number of nitrogens with zero attached hydrogens (tertiary/aromatic N) is 1. The summed E-state index contributed by atoms with van der Waals surface area (Å²) in [5.74, 6) is -0.470. The second-order valence-electron chi connectivity index (χ2n) is 3.72. The van der Waals surface area contributed by atoms with Gasteiger partial charge in [-0.15, -0.1) is 0 Å². The van der Waals surface area contributed by atoms with Crippen LogP contribution in [0.1, 0.15) is 5.56 Å². The zero-order valence-electron chi connectivity index (χ0n) is 9.68. The predicted octanol–water partition coefficient (Wildman–Crippen LogP) is 2.35. The number of rotatable bonds is 4. The highest BCUT2D eigenvalue weighted by atomic mass is 35.5. The second kappa shape index (κ2) is 5.64. The molecule has 2 aromatic rings. The van der Waals surface area contributed by atoms with Crippen LogP contribution in [-0.4, -0.2) is 13.4 Å². The van der Waals surface area contributed by atoms with E-state index < -0.39 is 15.8 Å². The lowest BCUT2D eigenvalue weighted by atomic mass is 10.2. The Morgan fingerprint density at radius 1 is 1.26 bits per heavy atom. The third-order valence-electron chi connectivity index (χ3n) is 2.43. The Morgan fingerprint density at radius 2 is 2.00 bits per heavy atom. The Morgan fingerprint density at radius 3 is 2.68 bits per heavy atom. The molecule has 0 radical (unpaired) electrons. The second-order valence-corrected chi connectivity index (χ2v) is 5.86. The molecule has 0 aliphatic carbocycles. The molecule has 0 spiro atoms. The fourth-order valence-electron chi connectivity index (χ4n) is 1.45. The largest absolute Gasteiger partial charge is 0.263 e. The fourth-order valence-corrected chi connectivity index (χ4v) is 2.89. The van der Waals surface area contributed by atoms with Gasteiger partial charge in [-0.3, -0.25) is 4.98 Å². The van der Waals surface area contributed by atoms with Crippen molar-refractivity contribution in [3.05, 3.63) is 59.1 Å². The summed E-state index contributed by atoms with van der Waals surface area (Å²) in [6.07, 6.45) is 2.53. The van der Waals surface area contributed by atoms with Crippen LogP contribution in [0.15, 0.2) is 47.6 Å². The van der Waals surface area contributed by atoms with E-state index in [0.29, 0.717) is 0 Å². The molecule has 0 amide bonds. The highest BCUT2D eigenvalue weighted by Gasteiger charge is 2.18. The lowest BCUT2D eigenvalue weighted by molar-refractivity contribution is 0.574. The van der Waals surface area contributed by atoms with E-state index in [1.165, 1.54) is 30.5 Å². The molecule has 1 aromatic heterocycles. The molecule has 1 aromatic carbocycles. The number of hydrogen-bond acceptors (Lipinski definition) is 3. The summed E-state index contributed by atoms with van der Waals surface area (Å²) in [5, 5.41) is 0.0658. The van der Waals surface area contributed by atoms with E-state index in [4.69, 9.17) is 11.6 Å². The Hall–Kier alpha value is -1.50. The zero-order chi connectivity index (χ0) is 13.9. The molecule has 0 aliphatic rings. The molecule has 0 atom stereocenters. The van der Waals surface area contributed by atoms with E-state index in [2.05, 4.69) is 9.71 Å². The summed E-state index contributed by atoms with van der Waals surface area (Å²) in [5.41, 5.74) is 0.256. The first-order chi connectivity index (χ1) is 9.00. The van der Waals surface area contributed by atoms with Crippen molar-refractivity contribution >= 4 is 21.6 Å². The van der Waals surface area contributed by atoms with E-state index in [1.807, 2.05) is 0 Å². The third-order valence-corrected chi connectivity index (χ3v) is 4.30. The Kier molecular flexibility index (Phi) is 4.14.